The number of nitrogens with zero attached hydrogens (tertiary/aromatic N) is 15. The van der Waals surface area contributed by atoms with E-state index in [1.165, 1.54) is 12.7 Å². The van der Waals surface area contributed by atoms with Crippen molar-refractivity contribution < 1.29 is 19.0 Å². The van der Waals surface area contributed by atoms with Crippen LogP contribution < -0.4 is 16.0 Å². The number of fused-ring (bicyclic) bond motifs is 3. The van der Waals surface area contributed by atoms with E-state index < -0.39 is 0 Å². The fraction of sp³-hybridized carbons (Fsp3) is 0.204. The van der Waals surface area contributed by atoms with E-state index in [1.54, 1.807) is 49.8 Å². The van der Waals surface area contributed by atoms with E-state index in [2.05, 4.69) is 95.3 Å². The Morgan fingerprint density at radius 1 is 0.671 bits per heavy atom. The van der Waals surface area contributed by atoms with E-state index in [0.29, 0.717) is 48.1 Å². The SMILES string of the molecule is Cc1nc(CCc2nccnc2CO)c2cc[nH]c2n1.OCc1nccnc1CNc1ncnc2nc[nH]c12.c1coc(CC2CNc3ncnc4ncn2c34)c1.c1coc(CNc2cccc3nccn23)c1. The highest BCUT2D eigenvalue weighted by atomic mass is 16.3. The fourth-order valence-corrected chi connectivity index (χ4v) is 8.14. The number of aliphatic hydroxyl groups is 2. The van der Waals surface area contributed by atoms with Crippen molar-refractivity contribution in [3.8, 4) is 0 Å². The highest BCUT2D eigenvalue weighted by molar-refractivity contribution is 5.84. The largest absolute Gasteiger partial charge is 0.469 e. The monoisotopic (exact) mass is 980 g/mol. The average Bonchev–Trinajstić information content (AvgIpc) is 4.30. The number of aromatic amines is 2. The molecule has 0 aliphatic carbocycles. The molecule has 24 heteroatoms. The molecule has 12 aromatic rings. The van der Waals surface area contributed by atoms with Crippen molar-refractivity contribution in [2.75, 3.05) is 22.5 Å². The molecule has 73 heavy (non-hydrogen) atoms. The minimum absolute atomic E-state index is 0.0917. The molecule has 0 radical (unpaired) electrons. The molecule has 0 fully saturated rings. The number of aryl methyl sites for hydroxylation is 3. The molecule has 13 rings (SSSR count). The van der Waals surface area contributed by atoms with Crippen LogP contribution in [0.3, 0.4) is 0 Å². The van der Waals surface area contributed by atoms with Crippen LogP contribution in [-0.4, -0.2) is 100 Å². The van der Waals surface area contributed by atoms with Gasteiger partial charge in [-0.3, -0.25) is 24.3 Å². The predicted molar refractivity (Wildman–Crippen MR) is 267 cm³/mol. The quantitative estimate of drug-likeness (QED) is 0.0723. The Morgan fingerprint density at radius 3 is 2.23 bits per heavy atom. The standard InChI is InChI=1S/C14H15N5O.C12H11N5O.C12H11N3O.C11H11N7O/c1-9-18-11(10-4-5-17-14(10)19-9)2-3-12-13(8-20)16-7-6-15-12;1-2-9(18-3-1)4-8-5-13-11-10-12(15-6-14-11)16-7-17(8)10;1-4-11-13-6-7-15(11)12(5-1)14-9-10-3-2-8-16-10;19-4-8-7(12-1-2-13-8)3-14-10-9-11(16-5-15-9)18-6-17-10/h4-7,20H,2-3,8H2,1H3,(H,17,18,19);1-3,6-8H,4-5H2,(H,13,14,15);1-8,14H,9H2;1-2,5-6,19H,3-4H2,(H2,14,15,16,17,18). The van der Waals surface area contributed by atoms with Crippen molar-refractivity contribution in [3.05, 3.63) is 176 Å². The van der Waals surface area contributed by atoms with Crippen LogP contribution in [-0.2, 0) is 45.6 Å². The van der Waals surface area contributed by atoms with Gasteiger partial charge in [0.2, 0.25) is 0 Å². The van der Waals surface area contributed by atoms with Crippen LogP contribution in [0.2, 0.25) is 0 Å². The summed E-state index contributed by atoms with van der Waals surface area (Å²) in [4.78, 5) is 60.7. The van der Waals surface area contributed by atoms with Crippen LogP contribution in [0.1, 0.15) is 51.9 Å². The van der Waals surface area contributed by atoms with Crippen LogP contribution in [0, 0.1) is 6.92 Å². The molecule has 1 atom stereocenters. The van der Waals surface area contributed by atoms with E-state index in [1.807, 2.05) is 78.6 Å². The Kier molecular flexibility index (Phi) is 14.5. The second-order valence-corrected chi connectivity index (χ2v) is 16.2. The number of aliphatic hydroxyl groups excluding tert-OH is 2. The minimum Gasteiger partial charge on any atom is -0.469 e. The van der Waals surface area contributed by atoms with Gasteiger partial charge in [-0.25, -0.2) is 44.9 Å². The first kappa shape index (κ1) is 47.1. The number of nitrogens with one attached hydrogen (secondary N) is 5. The minimum atomic E-state index is -0.145. The lowest BCUT2D eigenvalue weighted by molar-refractivity contribution is 0.274. The zero-order valence-corrected chi connectivity index (χ0v) is 39.3. The third-order valence-electron chi connectivity index (χ3n) is 11.6. The van der Waals surface area contributed by atoms with Crippen LogP contribution >= 0.6 is 0 Å². The van der Waals surface area contributed by atoms with E-state index >= 15 is 0 Å². The third kappa shape index (κ3) is 11.1. The maximum Gasteiger partial charge on any atom is 0.182 e. The first-order valence-corrected chi connectivity index (χ1v) is 23.1. The summed E-state index contributed by atoms with van der Waals surface area (Å²) >= 11 is 0. The second-order valence-electron chi connectivity index (χ2n) is 16.2. The summed E-state index contributed by atoms with van der Waals surface area (Å²) in [6, 6.07) is 15.9. The van der Waals surface area contributed by atoms with E-state index in [-0.39, 0.29) is 19.3 Å². The van der Waals surface area contributed by atoms with E-state index in [9.17, 15) is 10.2 Å². The van der Waals surface area contributed by atoms with Gasteiger partial charge in [0.05, 0.1) is 86.0 Å². The van der Waals surface area contributed by atoms with Crippen molar-refractivity contribution in [1.29, 1.82) is 0 Å². The van der Waals surface area contributed by atoms with E-state index in [4.69, 9.17) is 8.83 Å². The Labute approximate surface area is 414 Å². The summed E-state index contributed by atoms with van der Waals surface area (Å²) in [5.41, 5.74) is 8.48. The molecular formula is C49H48N20O4. The van der Waals surface area contributed by atoms with Crippen LogP contribution in [0.4, 0.5) is 17.5 Å². The van der Waals surface area contributed by atoms with Gasteiger partial charge >= 0.3 is 0 Å². The number of rotatable bonds is 13. The van der Waals surface area contributed by atoms with Gasteiger partial charge in [0, 0.05) is 61.7 Å². The molecule has 1 unspecified atom stereocenters. The predicted octanol–water partition coefficient (Wildman–Crippen LogP) is 5.75. The molecule has 0 amide bonds. The van der Waals surface area contributed by atoms with Crippen molar-refractivity contribution in [2.24, 2.45) is 0 Å². The number of pyridine rings is 1. The van der Waals surface area contributed by atoms with Gasteiger partial charge in [-0.2, -0.15) is 0 Å². The molecule has 0 saturated heterocycles. The number of imidazole rings is 3. The van der Waals surface area contributed by atoms with Crippen LogP contribution in [0.25, 0.3) is 39.0 Å². The lowest BCUT2D eigenvalue weighted by Gasteiger charge is -2.24. The van der Waals surface area contributed by atoms with Gasteiger partial charge in [-0.05, 0) is 62.2 Å². The Morgan fingerprint density at radius 2 is 1.42 bits per heavy atom. The maximum atomic E-state index is 9.27. The van der Waals surface area contributed by atoms with Gasteiger partial charge in [-0.15, -0.1) is 0 Å². The Bertz CT molecular complexity index is 3660. The number of hydrogen-bond acceptors (Lipinski definition) is 20. The first-order chi connectivity index (χ1) is 36.0. The Balaban J connectivity index is 0.000000112. The number of furan rings is 2. The highest BCUT2D eigenvalue weighted by Gasteiger charge is 2.24. The molecule has 12 aromatic heterocycles. The maximum absolute atomic E-state index is 9.27. The molecule has 0 saturated carbocycles. The van der Waals surface area contributed by atoms with Gasteiger partial charge < -0.3 is 49.5 Å². The van der Waals surface area contributed by atoms with Crippen molar-refractivity contribution >= 4 is 56.5 Å². The zero-order chi connectivity index (χ0) is 49.8. The molecule has 0 aromatic carbocycles. The number of hydrogen-bond donors (Lipinski definition) is 7. The molecular weight excluding hydrogens is 933 g/mol. The summed E-state index contributed by atoms with van der Waals surface area (Å²) in [6.45, 7) is 3.54. The summed E-state index contributed by atoms with van der Waals surface area (Å²) < 4.78 is 14.8. The molecule has 0 spiro atoms. The lowest BCUT2D eigenvalue weighted by atomic mass is 10.1. The number of H-pyrrole nitrogens is 2. The number of aromatic nitrogens is 17. The van der Waals surface area contributed by atoms with Gasteiger partial charge in [0.15, 0.2) is 22.9 Å². The first-order valence-electron chi connectivity index (χ1n) is 23.1. The van der Waals surface area contributed by atoms with Crippen molar-refractivity contribution in [3.63, 3.8) is 0 Å². The van der Waals surface area contributed by atoms with E-state index in [0.717, 1.165) is 93.1 Å². The summed E-state index contributed by atoms with van der Waals surface area (Å²) in [5, 5.41) is 29.2. The van der Waals surface area contributed by atoms with Crippen LogP contribution in [0.5, 0.6) is 0 Å². The average molecular weight is 981 g/mol. The Hall–Kier alpha value is -9.55. The molecule has 13 heterocycles. The van der Waals surface area contributed by atoms with Crippen LogP contribution in [0.15, 0.2) is 139 Å². The summed E-state index contributed by atoms with van der Waals surface area (Å²) in [5.74, 6) is 5.13. The molecule has 1 aliphatic rings. The van der Waals surface area contributed by atoms with Crippen molar-refractivity contribution in [1.82, 2.24) is 83.7 Å². The normalized spacial score (nSPS) is 12.6. The summed E-state index contributed by atoms with van der Waals surface area (Å²) in [6.07, 6.45) is 24.0. The smallest absolute Gasteiger partial charge is 0.182 e. The molecule has 0 bridgehead atoms. The molecule has 368 valence electrons. The highest BCUT2D eigenvalue weighted by Crippen LogP contribution is 2.29. The fourth-order valence-electron chi connectivity index (χ4n) is 8.14. The topological polar surface area (TPSA) is 311 Å². The lowest BCUT2D eigenvalue weighted by Crippen LogP contribution is -2.25. The second kappa shape index (κ2) is 22.5. The summed E-state index contributed by atoms with van der Waals surface area (Å²) in [7, 11) is 0. The van der Waals surface area contributed by atoms with Crippen molar-refractivity contribution in [2.45, 2.75) is 58.5 Å². The third-order valence-corrected chi connectivity index (χ3v) is 11.6. The van der Waals surface area contributed by atoms with Gasteiger partial charge in [0.1, 0.15) is 58.1 Å². The number of anilines is 3. The molecule has 7 N–H and O–H groups in total. The van der Waals surface area contributed by atoms with Gasteiger partial charge in [0.25, 0.3) is 0 Å². The molecule has 1 aliphatic heterocycles. The van der Waals surface area contributed by atoms with Gasteiger partial charge in [-0.1, -0.05) is 6.07 Å². The zero-order valence-electron chi connectivity index (χ0n) is 39.3. The molecule has 24 nitrogen and oxygen atoms in total.